The maximum atomic E-state index is 2.55. The Hall–Kier alpha value is 0.541. The molecule has 0 aromatic heterocycles. The third-order valence-electron chi connectivity index (χ3n) is 2.96. The normalized spacial score (nSPS) is 22.2. The van der Waals surface area contributed by atoms with E-state index < -0.39 is 6.68 Å². The van der Waals surface area contributed by atoms with Crippen LogP contribution in [0.5, 0.6) is 0 Å². The Morgan fingerprint density at radius 1 is 1.33 bits per heavy atom. The quantitative estimate of drug-likeness (QED) is 0.656. The van der Waals surface area contributed by atoms with Crippen LogP contribution < -0.4 is 0 Å². The molecule has 0 amide bonds. The average Bonchev–Trinajstić information content (AvgIpc) is 2.24. The van der Waals surface area contributed by atoms with E-state index in [4.69, 9.17) is 0 Å². The molecular weight excluding hydrogens is 226 g/mol. The van der Waals surface area contributed by atoms with Gasteiger partial charge in [0.25, 0.3) is 0 Å². The number of allylic oxidation sites excluding steroid dienone is 2. The summed E-state index contributed by atoms with van der Waals surface area (Å²) in [5.41, 5.74) is 2.83. The van der Waals surface area contributed by atoms with Crippen LogP contribution in [-0.4, -0.2) is 26.3 Å². The summed E-state index contributed by atoms with van der Waals surface area (Å²) in [5, 5.41) is 1.83. The predicted octanol–water partition coefficient (Wildman–Crippen LogP) is 2.73. The summed E-state index contributed by atoms with van der Waals surface area (Å²) in [6.07, 6.45) is 2.69. The molecule has 0 atom stereocenters. The predicted molar refractivity (Wildman–Crippen MR) is 62.5 cm³/mol. The summed E-state index contributed by atoms with van der Waals surface area (Å²) in [6, 6.07) is 0. The molecule has 0 aromatic carbocycles. The number of hydrogen-bond donors (Lipinski definition) is 0. The Bertz CT molecular complexity index is 211. The molecule has 0 saturated heterocycles. The van der Waals surface area contributed by atoms with Gasteiger partial charge in [-0.2, -0.15) is 0 Å². The first-order chi connectivity index (χ1) is 5.53. The van der Waals surface area contributed by atoms with Crippen molar-refractivity contribution >= 4 is 26.3 Å². The van der Waals surface area contributed by atoms with Crippen LogP contribution in [0.1, 0.15) is 27.2 Å². The summed E-state index contributed by atoms with van der Waals surface area (Å²) >= 11 is 0.942. The van der Waals surface area contributed by atoms with Crippen molar-refractivity contribution in [1.29, 1.82) is 0 Å². The van der Waals surface area contributed by atoms with Gasteiger partial charge in [0.1, 0.15) is 0 Å². The van der Waals surface area contributed by atoms with Gasteiger partial charge in [-0.05, 0) is 0 Å². The van der Waals surface area contributed by atoms with Gasteiger partial charge in [0.2, 0.25) is 0 Å². The molecule has 0 aliphatic carbocycles. The topological polar surface area (TPSA) is 0 Å². The Morgan fingerprint density at radius 2 is 1.92 bits per heavy atom. The SMILES string of the molecule is CCB1[Se][Si](C)(C)C(C)=C1CC. The van der Waals surface area contributed by atoms with Crippen LogP contribution in [0, 0.1) is 0 Å². The summed E-state index contributed by atoms with van der Waals surface area (Å²) in [5.74, 6) is 0. The Morgan fingerprint density at radius 3 is 2.25 bits per heavy atom. The van der Waals surface area contributed by atoms with E-state index in [0.717, 1.165) is 19.7 Å². The van der Waals surface area contributed by atoms with Gasteiger partial charge in [-0.25, -0.2) is 0 Å². The Labute approximate surface area is 83.7 Å². The van der Waals surface area contributed by atoms with Crippen LogP contribution in [0.2, 0.25) is 19.4 Å². The fraction of sp³-hybridized carbons (Fsp3) is 0.778. The molecule has 1 aliphatic heterocycles. The van der Waals surface area contributed by atoms with Gasteiger partial charge in [-0.15, -0.1) is 0 Å². The van der Waals surface area contributed by atoms with Crippen molar-refractivity contribution in [2.75, 3.05) is 0 Å². The van der Waals surface area contributed by atoms with Gasteiger partial charge in [-0.1, -0.05) is 0 Å². The summed E-state index contributed by atoms with van der Waals surface area (Å²) in [6.45, 7) is 11.3. The van der Waals surface area contributed by atoms with Crippen LogP contribution in [-0.2, 0) is 0 Å². The molecule has 1 heterocycles. The van der Waals surface area contributed by atoms with Gasteiger partial charge >= 0.3 is 83.6 Å². The van der Waals surface area contributed by atoms with Crippen molar-refractivity contribution in [2.24, 2.45) is 0 Å². The van der Waals surface area contributed by atoms with Crippen LogP contribution in [0.15, 0.2) is 10.7 Å². The van der Waals surface area contributed by atoms with E-state index in [1.165, 1.54) is 12.7 Å². The third kappa shape index (κ3) is 1.73. The van der Waals surface area contributed by atoms with Crippen molar-refractivity contribution in [3.05, 3.63) is 10.7 Å². The molecule has 0 spiro atoms. The van der Waals surface area contributed by atoms with Crippen molar-refractivity contribution in [1.82, 2.24) is 0 Å². The molecule has 0 N–H and O–H groups in total. The molecule has 0 nitrogen and oxygen atoms in total. The second kappa shape index (κ2) is 3.73. The monoisotopic (exact) mass is 246 g/mol. The fourth-order valence-electron chi connectivity index (χ4n) is 1.97. The molecule has 0 unspecified atom stereocenters. The van der Waals surface area contributed by atoms with E-state index in [2.05, 4.69) is 33.9 Å². The van der Waals surface area contributed by atoms with Crippen LogP contribution in [0.3, 0.4) is 0 Å². The Balaban J connectivity index is 2.93. The van der Waals surface area contributed by atoms with Crippen molar-refractivity contribution in [2.45, 2.75) is 46.6 Å². The van der Waals surface area contributed by atoms with Crippen LogP contribution >= 0.6 is 0 Å². The fourth-order valence-corrected chi connectivity index (χ4v) is 13.6. The number of rotatable bonds is 2. The molecule has 68 valence electrons. The van der Waals surface area contributed by atoms with E-state index in [1.807, 2.05) is 10.7 Å². The zero-order chi connectivity index (χ0) is 9.35. The first-order valence-electron chi connectivity index (χ1n) is 4.90. The van der Waals surface area contributed by atoms with Crippen molar-refractivity contribution in [3.8, 4) is 0 Å². The number of hydrogen-bond acceptors (Lipinski definition) is 0. The van der Waals surface area contributed by atoms with E-state index in [0.29, 0.717) is 0 Å². The third-order valence-corrected chi connectivity index (χ3v) is 14.7. The zero-order valence-electron chi connectivity index (χ0n) is 8.90. The van der Waals surface area contributed by atoms with Gasteiger partial charge in [-0.3, -0.25) is 0 Å². The first kappa shape index (κ1) is 10.6. The summed E-state index contributed by atoms with van der Waals surface area (Å²) < 4.78 is 0. The van der Waals surface area contributed by atoms with E-state index in [9.17, 15) is 0 Å². The molecule has 1 rings (SSSR count). The van der Waals surface area contributed by atoms with Gasteiger partial charge in [0, 0.05) is 0 Å². The molecular formula is C9H19BSeSi. The van der Waals surface area contributed by atoms with Gasteiger partial charge in [0.15, 0.2) is 0 Å². The van der Waals surface area contributed by atoms with Crippen LogP contribution in [0.4, 0.5) is 0 Å². The summed E-state index contributed by atoms with van der Waals surface area (Å²) in [4.78, 5) is 0. The minimum absolute atomic E-state index is 0.869. The van der Waals surface area contributed by atoms with Crippen molar-refractivity contribution < 1.29 is 0 Å². The summed E-state index contributed by atoms with van der Waals surface area (Å²) in [7, 11) is 0. The Kier molecular flexibility index (Phi) is 3.30. The molecule has 0 aromatic rings. The van der Waals surface area contributed by atoms with E-state index >= 15 is 0 Å². The molecule has 0 saturated carbocycles. The van der Waals surface area contributed by atoms with Crippen molar-refractivity contribution in [3.63, 3.8) is 0 Å². The average molecular weight is 245 g/mol. The van der Waals surface area contributed by atoms with Gasteiger partial charge in [0.05, 0.1) is 0 Å². The van der Waals surface area contributed by atoms with E-state index in [1.54, 1.807) is 0 Å². The zero-order valence-corrected chi connectivity index (χ0v) is 11.6. The molecule has 12 heavy (non-hydrogen) atoms. The first-order valence-corrected chi connectivity index (χ1v) is 11.4. The minimum atomic E-state index is -0.869. The van der Waals surface area contributed by atoms with Crippen LogP contribution in [0.25, 0.3) is 0 Å². The maximum absolute atomic E-state index is 2.55. The van der Waals surface area contributed by atoms with Gasteiger partial charge < -0.3 is 0 Å². The molecule has 0 radical (unpaired) electrons. The molecule has 0 fully saturated rings. The molecule has 0 bridgehead atoms. The molecule has 1 aliphatic rings. The second-order valence-electron chi connectivity index (χ2n) is 4.03. The standard InChI is InChI=1S/C9H19BSeSi/c1-6-9-8(3)12(4,5)11-10(9)7-2/h6-7H2,1-5H3. The molecule has 3 heteroatoms. The van der Waals surface area contributed by atoms with E-state index in [-0.39, 0.29) is 0 Å². The second-order valence-corrected chi connectivity index (χ2v) is 17.1.